The molecule has 3 heterocycles. The van der Waals surface area contributed by atoms with E-state index in [0.29, 0.717) is 29.5 Å². The Bertz CT molecular complexity index is 685. The van der Waals surface area contributed by atoms with E-state index >= 15 is 0 Å². The van der Waals surface area contributed by atoms with Crippen LogP contribution < -0.4 is 10.6 Å². The van der Waals surface area contributed by atoms with Crippen LogP contribution in [0.15, 0.2) is 6.07 Å². The molecular formula is C15H21N5O. The first-order valence-electron chi connectivity index (χ1n) is 7.41. The number of amides is 1. The number of carbonyl (C=O) groups excluding carboxylic acids is 1. The number of hydrogen-bond acceptors (Lipinski definition) is 4. The van der Waals surface area contributed by atoms with Crippen LogP contribution in [0.1, 0.15) is 40.3 Å². The summed E-state index contributed by atoms with van der Waals surface area (Å²) in [5, 5.41) is 10.8. The van der Waals surface area contributed by atoms with Gasteiger partial charge in [0.25, 0.3) is 5.91 Å². The summed E-state index contributed by atoms with van der Waals surface area (Å²) < 4.78 is 1.74. The summed E-state index contributed by atoms with van der Waals surface area (Å²) >= 11 is 0. The van der Waals surface area contributed by atoms with Gasteiger partial charge in [-0.05, 0) is 46.2 Å². The first-order valence-corrected chi connectivity index (χ1v) is 7.41. The molecule has 1 saturated heterocycles. The fourth-order valence-electron chi connectivity index (χ4n) is 2.93. The number of carbonyl (C=O) groups is 1. The van der Waals surface area contributed by atoms with Crippen LogP contribution in [0.25, 0.3) is 5.65 Å². The third-order valence-electron chi connectivity index (χ3n) is 3.97. The van der Waals surface area contributed by atoms with Gasteiger partial charge in [-0.1, -0.05) is 0 Å². The van der Waals surface area contributed by atoms with Crippen molar-refractivity contribution in [2.75, 3.05) is 13.1 Å². The van der Waals surface area contributed by atoms with Gasteiger partial charge in [-0.25, -0.2) is 9.50 Å². The lowest BCUT2D eigenvalue weighted by Crippen LogP contribution is -2.37. The SMILES string of the molecule is Cc1cc(C)n2nc(C)c(C(=O)NCC3CCCN3)c2n1. The van der Waals surface area contributed by atoms with E-state index in [0.717, 1.165) is 24.4 Å². The van der Waals surface area contributed by atoms with Crippen LogP contribution >= 0.6 is 0 Å². The molecule has 1 atom stereocenters. The largest absolute Gasteiger partial charge is 0.350 e. The molecule has 21 heavy (non-hydrogen) atoms. The number of rotatable bonds is 3. The summed E-state index contributed by atoms with van der Waals surface area (Å²) in [4.78, 5) is 17.0. The maximum absolute atomic E-state index is 12.5. The highest BCUT2D eigenvalue weighted by Crippen LogP contribution is 2.16. The number of aromatic nitrogens is 3. The summed E-state index contributed by atoms with van der Waals surface area (Å²) in [6.45, 7) is 7.44. The Morgan fingerprint density at radius 1 is 1.48 bits per heavy atom. The first-order chi connectivity index (χ1) is 10.1. The van der Waals surface area contributed by atoms with Crippen LogP contribution in [0.4, 0.5) is 0 Å². The highest BCUT2D eigenvalue weighted by atomic mass is 16.1. The lowest BCUT2D eigenvalue weighted by molar-refractivity contribution is 0.0951. The maximum Gasteiger partial charge on any atom is 0.257 e. The minimum Gasteiger partial charge on any atom is -0.350 e. The standard InChI is InChI=1S/C15H21N5O/c1-9-7-10(2)20-14(18-9)13(11(3)19-20)15(21)17-8-12-5-4-6-16-12/h7,12,16H,4-6,8H2,1-3H3,(H,17,21). The quantitative estimate of drug-likeness (QED) is 0.888. The molecule has 2 aromatic heterocycles. The Labute approximate surface area is 123 Å². The van der Waals surface area contributed by atoms with Crippen molar-refractivity contribution in [2.45, 2.75) is 39.7 Å². The molecule has 2 N–H and O–H groups in total. The second kappa shape index (κ2) is 5.44. The van der Waals surface area contributed by atoms with Gasteiger partial charge in [-0.2, -0.15) is 5.10 Å². The normalized spacial score (nSPS) is 18.3. The van der Waals surface area contributed by atoms with Gasteiger partial charge in [0.2, 0.25) is 0 Å². The molecular weight excluding hydrogens is 266 g/mol. The minimum atomic E-state index is -0.0892. The average molecular weight is 287 g/mol. The summed E-state index contributed by atoms with van der Waals surface area (Å²) in [5.74, 6) is -0.0892. The number of nitrogens with zero attached hydrogens (tertiary/aromatic N) is 3. The van der Waals surface area contributed by atoms with E-state index in [1.807, 2.05) is 26.8 Å². The molecule has 1 unspecified atom stereocenters. The zero-order valence-electron chi connectivity index (χ0n) is 12.7. The van der Waals surface area contributed by atoms with E-state index < -0.39 is 0 Å². The molecule has 112 valence electrons. The van der Waals surface area contributed by atoms with Crippen LogP contribution in [0.5, 0.6) is 0 Å². The maximum atomic E-state index is 12.5. The zero-order chi connectivity index (χ0) is 15.0. The number of aryl methyl sites for hydroxylation is 3. The van der Waals surface area contributed by atoms with E-state index in [1.54, 1.807) is 4.52 Å². The Morgan fingerprint density at radius 3 is 3.00 bits per heavy atom. The molecule has 0 aromatic carbocycles. The van der Waals surface area contributed by atoms with E-state index in [1.165, 1.54) is 6.42 Å². The monoisotopic (exact) mass is 287 g/mol. The Morgan fingerprint density at radius 2 is 2.29 bits per heavy atom. The highest BCUT2D eigenvalue weighted by Gasteiger charge is 2.21. The molecule has 3 rings (SSSR count). The number of nitrogens with one attached hydrogen (secondary N) is 2. The van der Waals surface area contributed by atoms with Crippen molar-refractivity contribution in [3.63, 3.8) is 0 Å². The van der Waals surface area contributed by atoms with Gasteiger partial charge in [0, 0.05) is 24.0 Å². The smallest absolute Gasteiger partial charge is 0.257 e. The molecule has 0 spiro atoms. The third kappa shape index (κ3) is 2.63. The van der Waals surface area contributed by atoms with Crippen molar-refractivity contribution in [3.05, 3.63) is 28.7 Å². The molecule has 2 aromatic rings. The molecule has 1 aliphatic heterocycles. The molecule has 0 radical (unpaired) electrons. The van der Waals surface area contributed by atoms with Gasteiger partial charge < -0.3 is 10.6 Å². The molecule has 1 fully saturated rings. The van der Waals surface area contributed by atoms with Crippen molar-refractivity contribution in [3.8, 4) is 0 Å². The summed E-state index contributed by atoms with van der Waals surface area (Å²) in [6, 6.07) is 2.34. The molecule has 0 bridgehead atoms. The van der Waals surface area contributed by atoms with Crippen LogP contribution in [0, 0.1) is 20.8 Å². The van der Waals surface area contributed by atoms with Gasteiger partial charge in [0.05, 0.1) is 5.69 Å². The molecule has 6 nitrogen and oxygen atoms in total. The van der Waals surface area contributed by atoms with Crippen LogP contribution in [-0.2, 0) is 0 Å². The Kier molecular flexibility index (Phi) is 3.63. The fourth-order valence-corrected chi connectivity index (χ4v) is 2.93. The van der Waals surface area contributed by atoms with Crippen molar-refractivity contribution >= 4 is 11.6 Å². The van der Waals surface area contributed by atoms with E-state index in [-0.39, 0.29) is 5.91 Å². The van der Waals surface area contributed by atoms with Gasteiger partial charge in [0.15, 0.2) is 5.65 Å². The van der Waals surface area contributed by atoms with Crippen LogP contribution in [-0.4, -0.2) is 39.6 Å². The van der Waals surface area contributed by atoms with Crippen molar-refractivity contribution in [2.24, 2.45) is 0 Å². The second-order valence-corrected chi connectivity index (χ2v) is 5.74. The van der Waals surface area contributed by atoms with Crippen LogP contribution in [0.2, 0.25) is 0 Å². The topological polar surface area (TPSA) is 71.3 Å². The van der Waals surface area contributed by atoms with Gasteiger partial charge in [-0.3, -0.25) is 4.79 Å². The summed E-state index contributed by atoms with van der Waals surface area (Å²) in [7, 11) is 0. The predicted molar refractivity (Wildman–Crippen MR) is 80.6 cm³/mol. The van der Waals surface area contributed by atoms with E-state index in [4.69, 9.17) is 0 Å². The molecule has 0 aliphatic carbocycles. The average Bonchev–Trinajstić information content (AvgIpc) is 3.03. The van der Waals surface area contributed by atoms with Gasteiger partial charge in [0.1, 0.15) is 5.56 Å². The second-order valence-electron chi connectivity index (χ2n) is 5.74. The minimum absolute atomic E-state index is 0.0892. The zero-order valence-corrected chi connectivity index (χ0v) is 12.7. The fraction of sp³-hybridized carbons (Fsp3) is 0.533. The van der Waals surface area contributed by atoms with Crippen molar-refractivity contribution in [1.29, 1.82) is 0 Å². The number of hydrogen-bond donors (Lipinski definition) is 2. The van der Waals surface area contributed by atoms with E-state index in [9.17, 15) is 4.79 Å². The Hall–Kier alpha value is -1.95. The van der Waals surface area contributed by atoms with Gasteiger partial charge in [-0.15, -0.1) is 0 Å². The van der Waals surface area contributed by atoms with E-state index in [2.05, 4.69) is 20.7 Å². The lowest BCUT2D eigenvalue weighted by atomic mass is 10.2. The van der Waals surface area contributed by atoms with Crippen molar-refractivity contribution < 1.29 is 4.79 Å². The molecule has 0 saturated carbocycles. The predicted octanol–water partition coefficient (Wildman–Crippen LogP) is 1.14. The summed E-state index contributed by atoms with van der Waals surface area (Å²) in [6.07, 6.45) is 2.29. The highest BCUT2D eigenvalue weighted by molar-refractivity contribution is 6.01. The molecule has 6 heteroatoms. The first kappa shape index (κ1) is 14.0. The van der Waals surface area contributed by atoms with Crippen LogP contribution in [0.3, 0.4) is 0 Å². The van der Waals surface area contributed by atoms with Gasteiger partial charge >= 0.3 is 0 Å². The Balaban J connectivity index is 1.88. The molecule has 1 amide bonds. The van der Waals surface area contributed by atoms with Crippen molar-refractivity contribution in [1.82, 2.24) is 25.2 Å². The third-order valence-corrected chi connectivity index (χ3v) is 3.97. The summed E-state index contributed by atoms with van der Waals surface area (Å²) in [5.41, 5.74) is 3.82. The lowest BCUT2D eigenvalue weighted by Gasteiger charge is -2.11. The molecule has 1 aliphatic rings. The number of fused-ring (bicyclic) bond motifs is 1.